The lowest BCUT2D eigenvalue weighted by Crippen LogP contribution is -2.17. The van der Waals surface area contributed by atoms with E-state index in [0.717, 1.165) is 16.7 Å². The molecule has 1 fully saturated rings. The maximum atomic E-state index is 11.9. The lowest BCUT2D eigenvalue weighted by molar-refractivity contribution is 0.0528. The standard InChI is InChI=1S/C25H25ClN4O4S/c1-35(2,32)30-18-9-7-16(8-10-18)15-3-5-17(6-4-15)23-21(26)12-22-24(28-23)29-25(27-22)34-20-11-19(13-31)33-14-20/h3-10,12,19-20,31H,11,13-14H2,1-2H3,(H,27,28,29)/t19-,20-/m0/s1. The molecule has 5 rings (SSSR count). The molecule has 4 aromatic rings. The zero-order valence-corrected chi connectivity index (χ0v) is 20.8. The van der Waals surface area contributed by atoms with Crippen LogP contribution in [0.5, 0.6) is 6.01 Å². The van der Waals surface area contributed by atoms with Gasteiger partial charge in [0.1, 0.15) is 6.10 Å². The molecule has 2 aromatic heterocycles. The van der Waals surface area contributed by atoms with Crippen LogP contribution in [0.1, 0.15) is 6.42 Å². The van der Waals surface area contributed by atoms with Gasteiger partial charge in [-0.25, -0.2) is 9.19 Å². The minimum Gasteiger partial charge on any atom is -0.459 e. The summed E-state index contributed by atoms with van der Waals surface area (Å²) in [6.45, 7) is 0.379. The van der Waals surface area contributed by atoms with E-state index in [0.29, 0.717) is 46.6 Å². The van der Waals surface area contributed by atoms with Crippen molar-refractivity contribution in [3.05, 3.63) is 59.6 Å². The number of ether oxygens (including phenoxy) is 2. The number of pyridine rings is 1. The number of aromatic amines is 1. The summed E-state index contributed by atoms with van der Waals surface area (Å²) in [6.07, 6.45) is 3.46. The molecular weight excluding hydrogens is 488 g/mol. The highest BCUT2D eigenvalue weighted by Gasteiger charge is 2.27. The summed E-state index contributed by atoms with van der Waals surface area (Å²) in [6, 6.07) is 17.7. The van der Waals surface area contributed by atoms with E-state index in [4.69, 9.17) is 21.1 Å². The number of aromatic nitrogens is 3. The van der Waals surface area contributed by atoms with Crippen LogP contribution in [0.4, 0.5) is 5.69 Å². The van der Waals surface area contributed by atoms with Gasteiger partial charge in [0.15, 0.2) is 5.65 Å². The van der Waals surface area contributed by atoms with Crippen LogP contribution in [-0.4, -0.2) is 62.2 Å². The van der Waals surface area contributed by atoms with E-state index in [1.54, 1.807) is 18.6 Å². The Labute approximate surface area is 208 Å². The van der Waals surface area contributed by atoms with Crippen LogP contribution in [0, 0.1) is 0 Å². The van der Waals surface area contributed by atoms with Crippen LogP contribution < -0.4 is 4.74 Å². The fourth-order valence-corrected chi connectivity index (χ4v) is 4.87. The fraction of sp³-hybridized carbons (Fsp3) is 0.280. The second-order valence-electron chi connectivity index (χ2n) is 8.74. The minimum absolute atomic E-state index is 0.0267. The number of halogens is 1. The van der Waals surface area contributed by atoms with Gasteiger partial charge in [0.25, 0.3) is 6.01 Å². The zero-order chi connectivity index (χ0) is 24.6. The van der Waals surface area contributed by atoms with Crippen molar-refractivity contribution in [3.8, 4) is 28.4 Å². The summed E-state index contributed by atoms with van der Waals surface area (Å²) in [5.74, 6) is 0. The highest BCUT2D eigenvalue weighted by atomic mass is 35.5. The number of nitrogens with zero attached hydrogens (tertiary/aromatic N) is 3. The molecule has 0 radical (unpaired) electrons. The average molecular weight is 513 g/mol. The van der Waals surface area contributed by atoms with Crippen LogP contribution in [0.25, 0.3) is 33.5 Å². The smallest absolute Gasteiger partial charge is 0.296 e. The van der Waals surface area contributed by atoms with Crippen LogP contribution in [0.15, 0.2) is 59.0 Å². The Hall–Kier alpha value is -2.98. The number of imidazole rings is 1. The lowest BCUT2D eigenvalue weighted by atomic mass is 10.0. The van der Waals surface area contributed by atoms with E-state index < -0.39 is 9.73 Å². The van der Waals surface area contributed by atoms with Gasteiger partial charge in [-0.15, -0.1) is 0 Å². The Bertz CT molecular complexity index is 1470. The molecule has 0 aliphatic carbocycles. The molecule has 0 unspecified atom stereocenters. The van der Waals surface area contributed by atoms with Gasteiger partial charge in [-0.1, -0.05) is 48.0 Å². The highest BCUT2D eigenvalue weighted by Crippen LogP contribution is 2.32. The third kappa shape index (κ3) is 5.48. The molecule has 0 spiro atoms. The summed E-state index contributed by atoms with van der Waals surface area (Å²) in [5, 5.41) is 9.72. The number of hydrogen-bond acceptors (Lipinski definition) is 7. The number of H-pyrrole nitrogens is 1. The number of fused-ring (bicyclic) bond motifs is 1. The number of aliphatic hydroxyl groups is 1. The number of benzene rings is 2. The number of aliphatic hydroxyl groups excluding tert-OH is 1. The molecule has 2 N–H and O–H groups in total. The summed E-state index contributed by atoms with van der Waals surface area (Å²) in [5.41, 5.74) is 5.42. The van der Waals surface area contributed by atoms with Crippen molar-refractivity contribution >= 4 is 38.2 Å². The first-order valence-corrected chi connectivity index (χ1v) is 13.8. The number of nitrogens with one attached hydrogen (secondary N) is 1. The molecule has 1 aliphatic heterocycles. The van der Waals surface area contributed by atoms with E-state index in [2.05, 4.69) is 19.3 Å². The zero-order valence-electron chi connectivity index (χ0n) is 19.3. The first-order valence-electron chi connectivity index (χ1n) is 11.1. The summed E-state index contributed by atoms with van der Waals surface area (Å²) in [4.78, 5) is 12.2. The molecule has 10 heteroatoms. The largest absolute Gasteiger partial charge is 0.459 e. The van der Waals surface area contributed by atoms with Gasteiger partial charge in [-0.3, -0.25) is 0 Å². The maximum Gasteiger partial charge on any atom is 0.296 e. The molecule has 0 amide bonds. The van der Waals surface area contributed by atoms with Gasteiger partial charge >= 0.3 is 0 Å². The van der Waals surface area contributed by atoms with Crippen molar-refractivity contribution in [3.63, 3.8) is 0 Å². The third-order valence-corrected chi connectivity index (χ3v) is 6.55. The monoisotopic (exact) mass is 512 g/mol. The van der Waals surface area contributed by atoms with Crippen LogP contribution in [0.2, 0.25) is 5.02 Å². The van der Waals surface area contributed by atoms with Gasteiger partial charge in [0.2, 0.25) is 0 Å². The Morgan fingerprint density at radius 3 is 2.40 bits per heavy atom. The van der Waals surface area contributed by atoms with Crippen LogP contribution in [-0.2, 0) is 14.5 Å². The first-order chi connectivity index (χ1) is 16.8. The van der Waals surface area contributed by atoms with E-state index in [1.165, 1.54) is 0 Å². The van der Waals surface area contributed by atoms with Crippen LogP contribution >= 0.6 is 11.6 Å². The van der Waals surface area contributed by atoms with Crippen molar-refractivity contribution in [2.75, 3.05) is 25.7 Å². The molecule has 2 atom stereocenters. The van der Waals surface area contributed by atoms with E-state index in [-0.39, 0.29) is 18.8 Å². The van der Waals surface area contributed by atoms with Gasteiger partial charge in [-0.2, -0.15) is 9.35 Å². The predicted molar refractivity (Wildman–Crippen MR) is 138 cm³/mol. The Morgan fingerprint density at radius 1 is 1.11 bits per heavy atom. The highest BCUT2D eigenvalue weighted by molar-refractivity contribution is 7.92. The van der Waals surface area contributed by atoms with Gasteiger partial charge in [-0.05, 0) is 29.3 Å². The van der Waals surface area contributed by atoms with Crippen molar-refractivity contribution in [2.24, 2.45) is 4.36 Å². The second kappa shape index (κ2) is 9.58. The van der Waals surface area contributed by atoms with Crippen molar-refractivity contribution < 1.29 is 18.8 Å². The number of hydrogen-bond donors (Lipinski definition) is 2. The minimum atomic E-state index is -2.19. The third-order valence-electron chi connectivity index (χ3n) is 5.61. The van der Waals surface area contributed by atoms with E-state index >= 15 is 0 Å². The maximum absolute atomic E-state index is 11.9. The molecule has 0 bridgehead atoms. The lowest BCUT2D eigenvalue weighted by Gasteiger charge is -2.07. The first kappa shape index (κ1) is 23.7. The average Bonchev–Trinajstić information content (AvgIpc) is 3.44. The molecule has 182 valence electrons. The van der Waals surface area contributed by atoms with Gasteiger partial charge < -0.3 is 19.6 Å². The van der Waals surface area contributed by atoms with Crippen molar-refractivity contribution in [1.29, 1.82) is 0 Å². The summed E-state index contributed by atoms with van der Waals surface area (Å²) >= 11 is 6.55. The fourth-order valence-electron chi connectivity index (χ4n) is 3.98. The van der Waals surface area contributed by atoms with Crippen molar-refractivity contribution in [2.45, 2.75) is 18.6 Å². The topological polar surface area (TPSA) is 110 Å². The predicted octanol–water partition coefficient (Wildman–Crippen LogP) is 4.83. The quantitative estimate of drug-likeness (QED) is 0.383. The second-order valence-corrected chi connectivity index (χ2v) is 11.7. The Kier molecular flexibility index (Phi) is 6.50. The number of rotatable bonds is 6. The molecule has 3 heterocycles. The van der Waals surface area contributed by atoms with Crippen LogP contribution in [0.3, 0.4) is 0 Å². The molecule has 35 heavy (non-hydrogen) atoms. The SMILES string of the molecule is CS(C)(=O)=Nc1ccc(-c2ccc(-c3nc4nc(O[C@@H]5CO[C@H](CO)C5)[nH]c4cc3Cl)cc2)cc1. The van der Waals surface area contributed by atoms with E-state index in [9.17, 15) is 9.32 Å². The van der Waals surface area contributed by atoms with E-state index in [1.807, 2.05) is 48.5 Å². The Balaban J connectivity index is 1.36. The molecule has 1 aliphatic rings. The Morgan fingerprint density at radius 2 is 1.77 bits per heavy atom. The van der Waals surface area contributed by atoms with Crippen molar-refractivity contribution in [1.82, 2.24) is 15.0 Å². The summed E-state index contributed by atoms with van der Waals surface area (Å²) in [7, 11) is -2.19. The molecule has 0 saturated carbocycles. The molecule has 2 aromatic carbocycles. The van der Waals surface area contributed by atoms with Gasteiger partial charge in [0.05, 0.1) is 41.2 Å². The normalized spacial score (nSPS) is 18.2. The molecular formula is C25H25ClN4O4S. The molecule has 8 nitrogen and oxygen atoms in total. The molecule has 1 saturated heterocycles. The van der Waals surface area contributed by atoms with Gasteiger partial charge in [0, 0.05) is 34.2 Å². The summed E-state index contributed by atoms with van der Waals surface area (Å²) < 4.78 is 27.4.